The summed E-state index contributed by atoms with van der Waals surface area (Å²) in [7, 11) is 0. The number of anilines is 1. The molecule has 0 spiro atoms. The lowest BCUT2D eigenvalue weighted by atomic mass is 10.1. The van der Waals surface area contributed by atoms with Gasteiger partial charge >= 0.3 is 5.97 Å². The fourth-order valence-electron chi connectivity index (χ4n) is 2.68. The highest BCUT2D eigenvalue weighted by atomic mass is 16.5. The maximum atomic E-state index is 12.1. The average Bonchev–Trinajstić information content (AvgIpc) is 3.24. The van der Waals surface area contributed by atoms with Crippen LogP contribution in [0.1, 0.15) is 18.5 Å². The molecule has 1 fully saturated rings. The molecule has 2 atom stereocenters. The molecule has 1 heterocycles. The Kier molecular flexibility index (Phi) is 3.52. The summed E-state index contributed by atoms with van der Waals surface area (Å²) in [5, 5.41) is 10.0. The van der Waals surface area contributed by atoms with Crippen molar-refractivity contribution >= 4 is 11.7 Å². The van der Waals surface area contributed by atoms with Crippen LogP contribution in [0, 0.1) is 0 Å². The van der Waals surface area contributed by atoms with E-state index in [4.69, 9.17) is 4.74 Å². The second kappa shape index (κ2) is 5.48. The number of para-hydroxylation sites is 2. The first-order valence-corrected chi connectivity index (χ1v) is 7.02. The van der Waals surface area contributed by atoms with E-state index >= 15 is 0 Å². The number of nitrogens with zero attached hydrogens (tertiary/aromatic N) is 1. The van der Waals surface area contributed by atoms with E-state index in [9.17, 15) is 9.90 Å². The van der Waals surface area contributed by atoms with Crippen LogP contribution < -0.4 is 4.90 Å². The summed E-state index contributed by atoms with van der Waals surface area (Å²) in [5.74, 6) is -0.0835. The molecule has 108 valence electrons. The largest absolute Gasteiger partial charge is 0.506 e. The molecule has 0 unspecified atom stereocenters. The van der Waals surface area contributed by atoms with E-state index < -0.39 is 0 Å². The Hall–Kier alpha value is -2.49. The van der Waals surface area contributed by atoms with Gasteiger partial charge in [0.2, 0.25) is 0 Å². The van der Waals surface area contributed by atoms with Crippen molar-refractivity contribution in [1.82, 2.24) is 0 Å². The monoisotopic (exact) mass is 283 g/mol. The molecule has 4 nitrogen and oxygen atoms in total. The number of phenols is 1. The van der Waals surface area contributed by atoms with Gasteiger partial charge in [-0.2, -0.15) is 0 Å². The number of rotatable bonds is 4. The number of ether oxygens (including phenoxy) is 1. The number of hydrogen-bond acceptors (Lipinski definition) is 4. The zero-order valence-corrected chi connectivity index (χ0v) is 11.8. The van der Waals surface area contributed by atoms with E-state index in [2.05, 4.69) is 0 Å². The maximum absolute atomic E-state index is 12.1. The lowest BCUT2D eigenvalue weighted by molar-refractivity contribution is -0.142. The van der Waals surface area contributed by atoms with E-state index in [1.165, 1.54) is 0 Å². The number of aromatic hydroxyl groups is 1. The minimum atomic E-state index is -0.374. The molecule has 2 aromatic rings. The molecule has 1 N–H and O–H groups in total. The van der Waals surface area contributed by atoms with Gasteiger partial charge in [-0.3, -0.25) is 0 Å². The lowest BCUT2D eigenvalue weighted by Gasteiger charge is -2.08. The molecule has 1 aliphatic heterocycles. The molecular formula is C17H17NO3. The Morgan fingerprint density at radius 3 is 2.48 bits per heavy atom. The highest BCUT2D eigenvalue weighted by Crippen LogP contribution is 2.50. The number of hydrogen-bond donors (Lipinski definition) is 1. The number of carbonyl (C=O) groups excluding carboxylic acids is 1. The van der Waals surface area contributed by atoms with Gasteiger partial charge in [-0.1, -0.05) is 42.5 Å². The first kappa shape index (κ1) is 13.5. The van der Waals surface area contributed by atoms with Crippen molar-refractivity contribution < 1.29 is 14.6 Å². The molecule has 0 radical (unpaired) electrons. The predicted octanol–water partition coefficient (Wildman–Crippen LogP) is 2.89. The smallest absolute Gasteiger partial charge is 0.331 e. The summed E-state index contributed by atoms with van der Waals surface area (Å²) in [6.07, 6.45) is 0. The Morgan fingerprint density at radius 1 is 1.14 bits per heavy atom. The second-order valence-corrected chi connectivity index (χ2v) is 4.95. The molecule has 0 bridgehead atoms. The Morgan fingerprint density at radius 2 is 1.81 bits per heavy atom. The average molecular weight is 283 g/mol. The lowest BCUT2D eigenvalue weighted by Crippen LogP contribution is -2.16. The Balaban J connectivity index is 1.94. The van der Waals surface area contributed by atoms with E-state index in [1.54, 1.807) is 19.1 Å². The quantitative estimate of drug-likeness (QED) is 0.692. The van der Waals surface area contributed by atoms with Gasteiger partial charge in [0.25, 0.3) is 0 Å². The zero-order chi connectivity index (χ0) is 14.8. The predicted molar refractivity (Wildman–Crippen MR) is 80.2 cm³/mol. The molecule has 1 aliphatic rings. The molecule has 3 rings (SSSR count). The van der Waals surface area contributed by atoms with E-state index in [1.807, 2.05) is 47.4 Å². The minimum Gasteiger partial charge on any atom is -0.506 e. The van der Waals surface area contributed by atoms with Crippen LogP contribution >= 0.6 is 0 Å². The SMILES string of the molecule is CCOC(=O)[C@H]1[C@@H](c2ccccc2)N1c1ccccc1O. The number of carbonyl (C=O) groups is 1. The molecule has 0 aliphatic carbocycles. The standard InChI is InChI=1S/C17H17NO3/c1-2-21-17(20)16-15(12-8-4-3-5-9-12)18(16)13-10-6-7-11-14(13)19/h3-11,15-16,19H,2H2,1H3/t15-,16-,18?/m1/s1. The van der Waals surface area contributed by atoms with Crippen molar-refractivity contribution in [2.45, 2.75) is 19.0 Å². The molecule has 2 aromatic carbocycles. The van der Waals surface area contributed by atoms with Crippen LogP contribution in [-0.2, 0) is 9.53 Å². The highest BCUT2D eigenvalue weighted by Gasteiger charge is 2.55. The summed E-state index contributed by atoms with van der Waals surface area (Å²) in [6.45, 7) is 2.15. The topological polar surface area (TPSA) is 49.5 Å². The van der Waals surface area contributed by atoms with Crippen molar-refractivity contribution in [1.29, 1.82) is 0 Å². The van der Waals surface area contributed by atoms with Crippen LogP contribution in [0.15, 0.2) is 54.6 Å². The van der Waals surface area contributed by atoms with Crippen LogP contribution in [0.3, 0.4) is 0 Å². The molecule has 1 saturated heterocycles. The first-order valence-electron chi connectivity index (χ1n) is 7.02. The Bertz CT molecular complexity index is 641. The maximum Gasteiger partial charge on any atom is 0.331 e. The van der Waals surface area contributed by atoms with Gasteiger partial charge in [0.1, 0.15) is 5.75 Å². The Labute approximate surface area is 123 Å². The summed E-state index contributed by atoms with van der Waals surface area (Å²) < 4.78 is 5.15. The highest BCUT2D eigenvalue weighted by molar-refractivity contribution is 5.90. The van der Waals surface area contributed by atoms with Gasteiger partial charge in [-0.05, 0) is 24.6 Å². The van der Waals surface area contributed by atoms with E-state index in [0.29, 0.717) is 12.3 Å². The molecule has 0 saturated carbocycles. The molecule has 4 heteroatoms. The summed E-state index contributed by atoms with van der Waals surface area (Å²) >= 11 is 0. The zero-order valence-electron chi connectivity index (χ0n) is 11.8. The fraction of sp³-hybridized carbons (Fsp3) is 0.235. The number of benzene rings is 2. The third-order valence-corrected chi connectivity index (χ3v) is 3.64. The van der Waals surface area contributed by atoms with Crippen LogP contribution in [-0.4, -0.2) is 23.7 Å². The second-order valence-electron chi connectivity index (χ2n) is 4.95. The first-order chi connectivity index (χ1) is 10.2. The molecule has 0 amide bonds. The van der Waals surface area contributed by atoms with Gasteiger partial charge in [-0.25, -0.2) is 4.79 Å². The van der Waals surface area contributed by atoms with Gasteiger partial charge in [-0.15, -0.1) is 0 Å². The van der Waals surface area contributed by atoms with Crippen molar-refractivity contribution in [2.24, 2.45) is 0 Å². The normalized spacial score (nSPS) is 20.1. The molecule has 21 heavy (non-hydrogen) atoms. The third-order valence-electron chi connectivity index (χ3n) is 3.64. The fourth-order valence-corrected chi connectivity index (χ4v) is 2.68. The van der Waals surface area contributed by atoms with Gasteiger partial charge < -0.3 is 14.7 Å². The van der Waals surface area contributed by atoms with Crippen molar-refractivity contribution in [2.75, 3.05) is 11.5 Å². The summed E-state index contributed by atoms with van der Waals surface area (Å²) in [5.41, 5.74) is 1.70. The van der Waals surface area contributed by atoms with Crippen molar-refractivity contribution in [3.8, 4) is 5.75 Å². The molecule has 0 aromatic heterocycles. The van der Waals surface area contributed by atoms with Crippen molar-refractivity contribution in [3.05, 3.63) is 60.2 Å². The number of esters is 1. The van der Waals surface area contributed by atoms with E-state index in [-0.39, 0.29) is 23.8 Å². The van der Waals surface area contributed by atoms with Crippen LogP contribution in [0.25, 0.3) is 0 Å². The summed E-state index contributed by atoms with van der Waals surface area (Å²) in [6, 6.07) is 16.4. The minimum absolute atomic E-state index is 0.0847. The third kappa shape index (κ3) is 2.44. The number of phenolic OH excluding ortho intramolecular Hbond substituents is 1. The van der Waals surface area contributed by atoms with E-state index in [0.717, 1.165) is 5.56 Å². The van der Waals surface area contributed by atoms with Crippen LogP contribution in [0.4, 0.5) is 5.69 Å². The van der Waals surface area contributed by atoms with Crippen LogP contribution in [0.2, 0.25) is 0 Å². The van der Waals surface area contributed by atoms with Crippen molar-refractivity contribution in [3.63, 3.8) is 0 Å². The molecular weight excluding hydrogens is 266 g/mol. The van der Waals surface area contributed by atoms with Crippen LogP contribution in [0.5, 0.6) is 5.75 Å². The van der Waals surface area contributed by atoms with Gasteiger partial charge in [0.15, 0.2) is 6.04 Å². The van der Waals surface area contributed by atoms with Gasteiger partial charge in [0.05, 0.1) is 18.3 Å². The van der Waals surface area contributed by atoms with Gasteiger partial charge in [0, 0.05) is 0 Å². The summed E-state index contributed by atoms with van der Waals surface area (Å²) in [4.78, 5) is 14.0.